The number of nitrogens with zero attached hydrogens (tertiary/aromatic N) is 1. The van der Waals surface area contributed by atoms with E-state index >= 15 is 0 Å². The van der Waals surface area contributed by atoms with Crippen molar-refractivity contribution in [2.45, 2.75) is 52.6 Å². The standard InChI is InChI=1S/C14H23N3/c1-10-6-11(9-15)7-13(16-10)17-12-4-5-14(2,3)8-12/h6-7,12H,4-5,8-9,15H2,1-3H3,(H,16,17). The second kappa shape index (κ2) is 4.65. The summed E-state index contributed by atoms with van der Waals surface area (Å²) in [5.41, 5.74) is 8.34. The summed E-state index contributed by atoms with van der Waals surface area (Å²) in [6.45, 7) is 7.27. The molecule has 0 aliphatic heterocycles. The minimum Gasteiger partial charge on any atom is -0.367 e. The minimum absolute atomic E-state index is 0.470. The van der Waals surface area contributed by atoms with Gasteiger partial charge >= 0.3 is 0 Å². The van der Waals surface area contributed by atoms with E-state index < -0.39 is 0 Å². The molecule has 0 bridgehead atoms. The maximum atomic E-state index is 5.68. The first kappa shape index (κ1) is 12.4. The van der Waals surface area contributed by atoms with Gasteiger partial charge in [-0.25, -0.2) is 4.98 Å². The molecular formula is C14H23N3. The van der Waals surface area contributed by atoms with Crippen LogP contribution in [0.5, 0.6) is 0 Å². The Labute approximate surface area is 104 Å². The highest BCUT2D eigenvalue weighted by atomic mass is 15.0. The molecule has 17 heavy (non-hydrogen) atoms. The molecule has 0 amide bonds. The van der Waals surface area contributed by atoms with Gasteiger partial charge in [0.25, 0.3) is 0 Å². The average Bonchev–Trinajstić information content (AvgIpc) is 2.57. The molecule has 1 saturated carbocycles. The number of aromatic nitrogens is 1. The van der Waals surface area contributed by atoms with Gasteiger partial charge in [-0.1, -0.05) is 13.8 Å². The summed E-state index contributed by atoms with van der Waals surface area (Å²) < 4.78 is 0. The first-order valence-corrected chi connectivity index (χ1v) is 6.43. The molecule has 3 nitrogen and oxygen atoms in total. The van der Waals surface area contributed by atoms with Crippen LogP contribution >= 0.6 is 0 Å². The van der Waals surface area contributed by atoms with E-state index in [4.69, 9.17) is 5.73 Å². The molecule has 1 aromatic rings. The third-order valence-corrected chi connectivity index (χ3v) is 3.57. The van der Waals surface area contributed by atoms with Crippen molar-refractivity contribution in [3.8, 4) is 0 Å². The monoisotopic (exact) mass is 233 g/mol. The van der Waals surface area contributed by atoms with Gasteiger partial charge in [-0.05, 0) is 49.3 Å². The zero-order chi connectivity index (χ0) is 12.5. The van der Waals surface area contributed by atoms with Gasteiger partial charge in [-0.2, -0.15) is 0 Å². The first-order chi connectivity index (χ1) is 7.98. The third kappa shape index (κ3) is 3.19. The fourth-order valence-corrected chi connectivity index (χ4v) is 2.70. The Morgan fingerprint density at radius 2 is 2.24 bits per heavy atom. The topological polar surface area (TPSA) is 50.9 Å². The Morgan fingerprint density at radius 1 is 1.47 bits per heavy atom. The Bertz CT molecular complexity index is 398. The Balaban J connectivity index is 2.06. The van der Waals surface area contributed by atoms with Crippen LogP contribution in [0.3, 0.4) is 0 Å². The van der Waals surface area contributed by atoms with Crippen molar-refractivity contribution in [1.29, 1.82) is 0 Å². The highest BCUT2D eigenvalue weighted by Gasteiger charge is 2.30. The smallest absolute Gasteiger partial charge is 0.126 e. The summed E-state index contributed by atoms with van der Waals surface area (Å²) in [6.07, 6.45) is 3.75. The fourth-order valence-electron chi connectivity index (χ4n) is 2.70. The minimum atomic E-state index is 0.470. The van der Waals surface area contributed by atoms with E-state index in [1.54, 1.807) is 0 Å². The van der Waals surface area contributed by atoms with Crippen molar-refractivity contribution in [2.24, 2.45) is 11.1 Å². The molecule has 94 valence electrons. The van der Waals surface area contributed by atoms with E-state index in [0.717, 1.165) is 17.1 Å². The SMILES string of the molecule is Cc1cc(CN)cc(NC2CCC(C)(C)C2)n1. The number of rotatable bonds is 3. The van der Waals surface area contributed by atoms with Crippen molar-refractivity contribution in [3.05, 3.63) is 23.4 Å². The molecule has 2 rings (SSSR count). The van der Waals surface area contributed by atoms with E-state index in [2.05, 4.69) is 30.2 Å². The van der Waals surface area contributed by atoms with Crippen molar-refractivity contribution < 1.29 is 0 Å². The Hall–Kier alpha value is -1.09. The second-order valence-corrected chi connectivity index (χ2v) is 5.95. The highest BCUT2D eigenvalue weighted by molar-refractivity contribution is 5.40. The van der Waals surface area contributed by atoms with E-state index in [-0.39, 0.29) is 0 Å². The third-order valence-electron chi connectivity index (χ3n) is 3.57. The van der Waals surface area contributed by atoms with Crippen LogP contribution in [0.4, 0.5) is 5.82 Å². The van der Waals surface area contributed by atoms with Crippen LogP contribution in [-0.2, 0) is 6.54 Å². The van der Waals surface area contributed by atoms with Gasteiger partial charge in [0.15, 0.2) is 0 Å². The van der Waals surface area contributed by atoms with Gasteiger partial charge < -0.3 is 11.1 Å². The molecule has 1 atom stereocenters. The quantitative estimate of drug-likeness (QED) is 0.844. The average molecular weight is 233 g/mol. The van der Waals surface area contributed by atoms with E-state index in [0.29, 0.717) is 18.0 Å². The highest BCUT2D eigenvalue weighted by Crippen LogP contribution is 2.38. The van der Waals surface area contributed by atoms with Crippen LogP contribution in [0.15, 0.2) is 12.1 Å². The lowest BCUT2D eigenvalue weighted by molar-refractivity contribution is 0.378. The molecule has 0 spiro atoms. The normalized spacial score (nSPS) is 22.7. The van der Waals surface area contributed by atoms with Crippen LogP contribution in [0, 0.1) is 12.3 Å². The van der Waals surface area contributed by atoms with Gasteiger partial charge in [0.1, 0.15) is 5.82 Å². The number of nitrogens with one attached hydrogen (secondary N) is 1. The summed E-state index contributed by atoms with van der Waals surface area (Å²) >= 11 is 0. The summed E-state index contributed by atoms with van der Waals surface area (Å²) in [5, 5.41) is 3.55. The molecule has 0 aromatic carbocycles. The first-order valence-electron chi connectivity index (χ1n) is 6.43. The number of hydrogen-bond donors (Lipinski definition) is 2. The molecule has 3 N–H and O–H groups in total. The fraction of sp³-hybridized carbons (Fsp3) is 0.643. The maximum absolute atomic E-state index is 5.68. The zero-order valence-electron chi connectivity index (χ0n) is 11.1. The van der Waals surface area contributed by atoms with E-state index in [1.165, 1.54) is 19.3 Å². The van der Waals surface area contributed by atoms with Crippen LogP contribution in [-0.4, -0.2) is 11.0 Å². The number of aryl methyl sites for hydroxylation is 1. The number of pyridine rings is 1. The number of hydrogen-bond acceptors (Lipinski definition) is 3. The molecular weight excluding hydrogens is 210 g/mol. The van der Waals surface area contributed by atoms with Gasteiger partial charge in [-0.3, -0.25) is 0 Å². The van der Waals surface area contributed by atoms with E-state index in [1.807, 2.05) is 13.0 Å². The number of anilines is 1. The van der Waals surface area contributed by atoms with Crippen molar-refractivity contribution in [2.75, 3.05) is 5.32 Å². The molecule has 1 heterocycles. The summed E-state index contributed by atoms with van der Waals surface area (Å²) in [6, 6.07) is 4.67. The van der Waals surface area contributed by atoms with Gasteiger partial charge in [0, 0.05) is 18.3 Å². The predicted molar refractivity (Wildman–Crippen MR) is 71.9 cm³/mol. The van der Waals surface area contributed by atoms with Crippen LogP contribution in [0.2, 0.25) is 0 Å². The van der Waals surface area contributed by atoms with Crippen molar-refractivity contribution in [1.82, 2.24) is 4.98 Å². The number of nitrogens with two attached hydrogens (primary N) is 1. The molecule has 3 heteroatoms. The van der Waals surface area contributed by atoms with Crippen molar-refractivity contribution in [3.63, 3.8) is 0 Å². The lowest BCUT2D eigenvalue weighted by atomic mass is 9.92. The molecule has 0 radical (unpaired) electrons. The Kier molecular flexibility index (Phi) is 3.38. The maximum Gasteiger partial charge on any atom is 0.126 e. The summed E-state index contributed by atoms with van der Waals surface area (Å²) in [4.78, 5) is 4.53. The summed E-state index contributed by atoms with van der Waals surface area (Å²) in [5.74, 6) is 0.980. The van der Waals surface area contributed by atoms with Gasteiger partial charge in [0.05, 0.1) is 0 Å². The van der Waals surface area contributed by atoms with Gasteiger partial charge in [-0.15, -0.1) is 0 Å². The largest absolute Gasteiger partial charge is 0.367 e. The lowest BCUT2D eigenvalue weighted by Gasteiger charge is -2.18. The van der Waals surface area contributed by atoms with Crippen LogP contribution in [0.1, 0.15) is 44.4 Å². The molecule has 1 fully saturated rings. The van der Waals surface area contributed by atoms with E-state index in [9.17, 15) is 0 Å². The van der Waals surface area contributed by atoms with Crippen LogP contribution in [0.25, 0.3) is 0 Å². The van der Waals surface area contributed by atoms with Crippen LogP contribution < -0.4 is 11.1 Å². The van der Waals surface area contributed by atoms with Gasteiger partial charge in [0.2, 0.25) is 0 Å². The molecule has 1 aromatic heterocycles. The lowest BCUT2D eigenvalue weighted by Crippen LogP contribution is -2.18. The molecule has 0 saturated heterocycles. The zero-order valence-corrected chi connectivity index (χ0v) is 11.1. The predicted octanol–water partition coefficient (Wildman–Crippen LogP) is 2.84. The molecule has 1 aliphatic rings. The van der Waals surface area contributed by atoms with Crippen molar-refractivity contribution >= 4 is 5.82 Å². The second-order valence-electron chi connectivity index (χ2n) is 5.95. The summed E-state index contributed by atoms with van der Waals surface area (Å²) in [7, 11) is 0. The molecule has 1 unspecified atom stereocenters. The Morgan fingerprint density at radius 3 is 2.82 bits per heavy atom. The molecule has 1 aliphatic carbocycles.